The fourth-order valence-corrected chi connectivity index (χ4v) is 2.61. The van der Waals surface area contributed by atoms with Crippen LogP contribution in [0, 0.1) is 11.6 Å². The second kappa shape index (κ2) is 8.08. The number of nitrogens with one attached hydrogen (secondary N) is 1. The molecule has 9 heteroatoms. The first-order chi connectivity index (χ1) is 12.8. The van der Waals surface area contributed by atoms with Gasteiger partial charge in [0.1, 0.15) is 17.1 Å². The van der Waals surface area contributed by atoms with Crippen LogP contribution >= 0.6 is 34.8 Å². The number of aromatic nitrogens is 1. The van der Waals surface area contributed by atoms with Crippen LogP contribution in [-0.4, -0.2) is 10.9 Å². The predicted octanol–water partition coefficient (Wildman–Crippen LogP) is 6.36. The third-order valence-electron chi connectivity index (χ3n) is 3.38. The van der Waals surface area contributed by atoms with Gasteiger partial charge in [-0.3, -0.25) is 4.79 Å². The molecular formula is C18H9Cl3F2N2O2. The molecule has 1 heterocycles. The van der Waals surface area contributed by atoms with E-state index in [9.17, 15) is 13.6 Å². The minimum Gasteiger partial charge on any atom is -0.437 e. The van der Waals surface area contributed by atoms with Crippen LogP contribution in [0.5, 0.6) is 11.6 Å². The second-order valence-corrected chi connectivity index (χ2v) is 6.49. The predicted molar refractivity (Wildman–Crippen MR) is 100 cm³/mol. The summed E-state index contributed by atoms with van der Waals surface area (Å²) in [6, 6.07) is 9.37. The fourth-order valence-electron chi connectivity index (χ4n) is 2.13. The van der Waals surface area contributed by atoms with Gasteiger partial charge in [-0.25, -0.2) is 13.8 Å². The number of carbonyl (C=O) groups excluding carboxylic acids is 1. The lowest BCUT2D eigenvalue weighted by molar-refractivity contribution is 0.101. The van der Waals surface area contributed by atoms with E-state index in [2.05, 4.69) is 10.3 Å². The highest BCUT2D eigenvalue weighted by Gasteiger charge is 2.20. The molecule has 0 fully saturated rings. The normalized spacial score (nSPS) is 10.6. The van der Waals surface area contributed by atoms with E-state index in [1.165, 1.54) is 24.4 Å². The number of benzene rings is 2. The smallest absolute Gasteiger partial charge is 0.261 e. The molecule has 4 nitrogen and oxygen atoms in total. The molecule has 3 aromatic rings. The van der Waals surface area contributed by atoms with Crippen LogP contribution in [0.1, 0.15) is 10.4 Å². The Bertz CT molecular complexity index is 1010. The van der Waals surface area contributed by atoms with Crippen molar-refractivity contribution in [3.05, 3.63) is 80.9 Å². The van der Waals surface area contributed by atoms with Crippen LogP contribution < -0.4 is 10.1 Å². The maximum atomic E-state index is 13.9. The topological polar surface area (TPSA) is 51.2 Å². The lowest BCUT2D eigenvalue weighted by Crippen LogP contribution is -2.16. The van der Waals surface area contributed by atoms with Crippen molar-refractivity contribution >= 4 is 46.4 Å². The Morgan fingerprint density at radius 2 is 1.78 bits per heavy atom. The van der Waals surface area contributed by atoms with Crippen molar-refractivity contribution in [2.24, 2.45) is 0 Å². The van der Waals surface area contributed by atoms with E-state index in [4.69, 9.17) is 39.5 Å². The van der Waals surface area contributed by atoms with Gasteiger partial charge < -0.3 is 10.1 Å². The number of rotatable bonds is 4. The molecule has 27 heavy (non-hydrogen) atoms. The molecular weight excluding hydrogens is 421 g/mol. The van der Waals surface area contributed by atoms with E-state index in [1.54, 1.807) is 12.1 Å². The highest BCUT2D eigenvalue weighted by Crippen LogP contribution is 2.31. The Hall–Kier alpha value is -2.41. The SMILES string of the molecule is O=C(Nc1ccc(Oc2ccc(Cl)cn2)c(Cl)c1)c1c(F)ccc(Cl)c1F. The van der Waals surface area contributed by atoms with Gasteiger partial charge in [0.2, 0.25) is 5.88 Å². The zero-order valence-corrected chi connectivity index (χ0v) is 15.5. The maximum Gasteiger partial charge on any atom is 0.261 e. The standard InChI is InChI=1S/C18H9Cl3F2N2O2/c19-9-1-6-15(24-8-9)27-14-5-2-10(7-12(14)21)25-18(26)16-13(22)4-3-11(20)17(16)23/h1-8H,(H,25,26). The van der Waals surface area contributed by atoms with E-state index < -0.39 is 23.1 Å². The van der Waals surface area contributed by atoms with Crippen LogP contribution in [0.15, 0.2) is 48.7 Å². The van der Waals surface area contributed by atoms with E-state index in [-0.39, 0.29) is 27.4 Å². The molecule has 0 radical (unpaired) electrons. The summed E-state index contributed by atoms with van der Waals surface area (Å²) in [6.07, 6.45) is 1.41. The van der Waals surface area contributed by atoms with Gasteiger partial charge >= 0.3 is 0 Å². The zero-order valence-electron chi connectivity index (χ0n) is 13.3. The highest BCUT2D eigenvalue weighted by molar-refractivity contribution is 6.32. The minimum absolute atomic E-state index is 0.150. The summed E-state index contributed by atoms with van der Waals surface area (Å²) in [5.74, 6) is -2.65. The van der Waals surface area contributed by atoms with E-state index in [0.717, 1.165) is 12.1 Å². The van der Waals surface area contributed by atoms with E-state index in [0.29, 0.717) is 5.02 Å². The third kappa shape index (κ3) is 4.47. The number of ether oxygens (including phenoxy) is 1. The zero-order chi connectivity index (χ0) is 19.6. The fraction of sp³-hybridized carbons (Fsp3) is 0. The van der Waals surface area contributed by atoms with Crippen molar-refractivity contribution in [2.45, 2.75) is 0 Å². The van der Waals surface area contributed by atoms with Gasteiger partial charge in [0.25, 0.3) is 5.91 Å². The molecule has 0 aliphatic carbocycles. The van der Waals surface area contributed by atoms with Crippen LogP contribution in [0.2, 0.25) is 15.1 Å². The monoisotopic (exact) mass is 428 g/mol. The number of nitrogens with zero attached hydrogens (tertiary/aromatic N) is 1. The van der Waals surface area contributed by atoms with Crippen molar-refractivity contribution in [3.63, 3.8) is 0 Å². The van der Waals surface area contributed by atoms with Crippen molar-refractivity contribution < 1.29 is 18.3 Å². The number of hydrogen-bond acceptors (Lipinski definition) is 3. The Kier molecular flexibility index (Phi) is 5.79. The Morgan fingerprint density at radius 1 is 1.00 bits per heavy atom. The largest absolute Gasteiger partial charge is 0.437 e. The van der Waals surface area contributed by atoms with Crippen LogP contribution in [0.25, 0.3) is 0 Å². The number of pyridine rings is 1. The van der Waals surface area contributed by atoms with Gasteiger partial charge in [-0.15, -0.1) is 0 Å². The van der Waals surface area contributed by atoms with Gasteiger partial charge in [-0.05, 0) is 36.4 Å². The van der Waals surface area contributed by atoms with Crippen molar-refractivity contribution in [2.75, 3.05) is 5.32 Å². The average molecular weight is 430 g/mol. The van der Waals surface area contributed by atoms with Crippen molar-refractivity contribution in [1.29, 1.82) is 0 Å². The van der Waals surface area contributed by atoms with Crippen LogP contribution in [0.3, 0.4) is 0 Å². The Labute approximate surface area is 167 Å². The minimum atomic E-state index is -1.14. The Morgan fingerprint density at radius 3 is 2.44 bits per heavy atom. The summed E-state index contributed by atoms with van der Waals surface area (Å²) in [5.41, 5.74) is -0.579. The molecule has 3 rings (SSSR count). The molecule has 1 amide bonds. The molecule has 0 bridgehead atoms. The van der Waals surface area contributed by atoms with Crippen LogP contribution in [-0.2, 0) is 0 Å². The Balaban J connectivity index is 1.79. The summed E-state index contributed by atoms with van der Waals surface area (Å²) < 4.78 is 33.2. The molecule has 0 unspecified atom stereocenters. The molecule has 1 aromatic heterocycles. The highest BCUT2D eigenvalue weighted by atomic mass is 35.5. The summed E-state index contributed by atoms with van der Waals surface area (Å²) in [6.45, 7) is 0. The molecule has 138 valence electrons. The molecule has 0 aliphatic rings. The number of halogens is 5. The van der Waals surface area contributed by atoms with Gasteiger partial charge in [-0.2, -0.15) is 0 Å². The quantitative estimate of drug-likeness (QED) is 0.491. The number of anilines is 1. The summed E-state index contributed by atoms with van der Waals surface area (Å²) in [5, 5.41) is 2.59. The maximum absolute atomic E-state index is 13.9. The van der Waals surface area contributed by atoms with E-state index >= 15 is 0 Å². The molecule has 0 saturated carbocycles. The molecule has 2 aromatic carbocycles. The second-order valence-electron chi connectivity index (χ2n) is 5.23. The van der Waals surface area contributed by atoms with Crippen molar-refractivity contribution in [3.8, 4) is 11.6 Å². The van der Waals surface area contributed by atoms with Crippen LogP contribution in [0.4, 0.5) is 14.5 Å². The number of carbonyl (C=O) groups is 1. The summed E-state index contributed by atoms with van der Waals surface area (Å²) in [4.78, 5) is 16.2. The molecule has 0 spiro atoms. The number of amides is 1. The van der Waals surface area contributed by atoms with Gasteiger partial charge in [0, 0.05) is 18.0 Å². The lowest BCUT2D eigenvalue weighted by Gasteiger charge is -2.11. The molecule has 0 aliphatic heterocycles. The molecule has 1 N–H and O–H groups in total. The third-order valence-corrected chi connectivity index (χ3v) is 4.19. The van der Waals surface area contributed by atoms with Gasteiger partial charge in [-0.1, -0.05) is 34.8 Å². The number of hydrogen-bond donors (Lipinski definition) is 1. The van der Waals surface area contributed by atoms with Gasteiger partial charge in [0.15, 0.2) is 5.82 Å². The molecule has 0 atom stereocenters. The van der Waals surface area contributed by atoms with Crippen molar-refractivity contribution in [1.82, 2.24) is 4.98 Å². The summed E-state index contributed by atoms with van der Waals surface area (Å²) in [7, 11) is 0. The van der Waals surface area contributed by atoms with Gasteiger partial charge in [0.05, 0.1) is 15.1 Å². The first-order valence-corrected chi connectivity index (χ1v) is 8.52. The average Bonchev–Trinajstić information content (AvgIpc) is 2.63. The summed E-state index contributed by atoms with van der Waals surface area (Å²) >= 11 is 17.5. The lowest BCUT2D eigenvalue weighted by atomic mass is 10.1. The first-order valence-electron chi connectivity index (χ1n) is 7.39. The van der Waals surface area contributed by atoms with E-state index in [1.807, 2.05) is 0 Å². The molecule has 0 saturated heterocycles. The first kappa shape index (κ1) is 19.4.